The highest BCUT2D eigenvalue weighted by Crippen LogP contribution is 2.27. The lowest BCUT2D eigenvalue weighted by atomic mass is 10.1. The highest BCUT2D eigenvalue weighted by atomic mass is 35.5. The number of hydrogen-bond acceptors (Lipinski definition) is 3. The number of rotatable bonds is 7. The lowest BCUT2D eigenvalue weighted by molar-refractivity contribution is 0.0671. The summed E-state index contributed by atoms with van der Waals surface area (Å²) in [5.74, 6) is 0.732. The van der Waals surface area contributed by atoms with Crippen LogP contribution in [0.1, 0.15) is 55.0 Å². The van der Waals surface area contributed by atoms with Crippen molar-refractivity contribution in [1.29, 1.82) is 0 Å². The van der Waals surface area contributed by atoms with Gasteiger partial charge in [-0.05, 0) is 62.6 Å². The Labute approximate surface area is 211 Å². The van der Waals surface area contributed by atoms with Crippen LogP contribution >= 0.6 is 11.6 Å². The van der Waals surface area contributed by atoms with Crippen LogP contribution in [0.2, 0.25) is 5.02 Å². The van der Waals surface area contributed by atoms with Crippen molar-refractivity contribution in [2.45, 2.75) is 40.2 Å². The monoisotopic (exact) mass is 487 g/mol. The highest BCUT2D eigenvalue weighted by Gasteiger charge is 2.28. The normalized spacial score (nSPS) is 12.2. The van der Waals surface area contributed by atoms with Crippen LogP contribution in [0, 0.1) is 12.8 Å². The zero-order chi connectivity index (χ0) is 25.1. The van der Waals surface area contributed by atoms with Crippen LogP contribution in [-0.4, -0.2) is 26.9 Å². The molecule has 5 nitrogen and oxygen atoms in total. The van der Waals surface area contributed by atoms with E-state index >= 15 is 0 Å². The summed E-state index contributed by atoms with van der Waals surface area (Å²) in [6.45, 7) is 8.69. The molecule has 1 aromatic heterocycles. The Morgan fingerprint density at radius 2 is 1.63 bits per heavy atom. The van der Waals surface area contributed by atoms with Gasteiger partial charge in [0.2, 0.25) is 0 Å². The summed E-state index contributed by atoms with van der Waals surface area (Å²) in [5, 5.41) is 0.942. The number of benzene rings is 3. The SMILES string of the molecule is Cc1ccc(-n2c(C(C)N(CCC(C)C)C(=O)c3ccccc3Cl)nc3ccccc3c2=O)cc1. The van der Waals surface area contributed by atoms with Crippen molar-refractivity contribution in [3.05, 3.63) is 105 Å². The minimum Gasteiger partial charge on any atom is -0.329 e. The van der Waals surface area contributed by atoms with Gasteiger partial charge in [0.25, 0.3) is 11.5 Å². The lowest BCUT2D eigenvalue weighted by Crippen LogP contribution is -2.38. The summed E-state index contributed by atoms with van der Waals surface area (Å²) >= 11 is 6.40. The molecule has 1 atom stereocenters. The number of nitrogens with zero attached hydrogens (tertiary/aromatic N) is 3. The average Bonchev–Trinajstić information content (AvgIpc) is 2.84. The first-order valence-electron chi connectivity index (χ1n) is 11.9. The van der Waals surface area contributed by atoms with E-state index in [0.717, 1.165) is 17.7 Å². The Balaban J connectivity index is 1.91. The summed E-state index contributed by atoms with van der Waals surface area (Å²) in [5.41, 5.74) is 2.70. The number of carbonyl (C=O) groups is 1. The van der Waals surface area contributed by atoms with Gasteiger partial charge in [0.1, 0.15) is 5.82 Å². The van der Waals surface area contributed by atoms with Crippen LogP contribution in [-0.2, 0) is 0 Å². The number of carbonyl (C=O) groups excluding carboxylic acids is 1. The Hall–Kier alpha value is -3.44. The molecular weight excluding hydrogens is 458 g/mol. The zero-order valence-electron chi connectivity index (χ0n) is 20.5. The number of fused-ring (bicyclic) bond motifs is 1. The largest absolute Gasteiger partial charge is 0.329 e. The summed E-state index contributed by atoms with van der Waals surface area (Å²) in [4.78, 5) is 34.2. The van der Waals surface area contributed by atoms with E-state index in [1.165, 1.54) is 0 Å². The van der Waals surface area contributed by atoms with Crippen molar-refractivity contribution in [2.24, 2.45) is 5.92 Å². The van der Waals surface area contributed by atoms with Crippen LogP contribution in [0.15, 0.2) is 77.6 Å². The third-order valence-corrected chi connectivity index (χ3v) is 6.58. The molecular formula is C29H30ClN3O2. The van der Waals surface area contributed by atoms with Crippen LogP contribution in [0.3, 0.4) is 0 Å². The van der Waals surface area contributed by atoms with Gasteiger partial charge in [-0.2, -0.15) is 0 Å². The highest BCUT2D eigenvalue weighted by molar-refractivity contribution is 6.33. The van der Waals surface area contributed by atoms with E-state index < -0.39 is 6.04 Å². The fourth-order valence-electron chi connectivity index (χ4n) is 4.17. The minimum absolute atomic E-state index is 0.157. The first-order chi connectivity index (χ1) is 16.8. The first-order valence-corrected chi connectivity index (χ1v) is 12.3. The smallest absolute Gasteiger partial charge is 0.266 e. The van der Waals surface area contributed by atoms with E-state index in [-0.39, 0.29) is 11.5 Å². The van der Waals surface area contributed by atoms with Gasteiger partial charge in [-0.25, -0.2) is 4.98 Å². The van der Waals surface area contributed by atoms with E-state index in [0.29, 0.717) is 39.8 Å². The molecule has 4 rings (SSSR count). The van der Waals surface area contributed by atoms with Gasteiger partial charge in [-0.15, -0.1) is 0 Å². The van der Waals surface area contributed by atoms with E-state index in [4.69, 9.17) is 16.6 Å². The molecule has 1 amide bonds. The Morgan fingerprint density at radius 3 is 2.31 bits per heavy atom. The molecule has 0 bridgehead atoms. The van der Waals surface area contributed by atoms with Gasteiger partial charge in [0.15, 0.2) is 0 Å². The predicted octanol–water partition coefficient (Wildman–Crippen LogP) is 6.60. The number of para-hydroxylation sites is 1. The predicted molar refractivity (Wildman–Crippen MR) is 142 cm³/mol. The van der Waals surface area contributed by atoms with Crippen LogP contribution in [0.5, 0.6) is 0 Å². The molecule has 180 valence electrons. The molecule has 35 heavy (non-hydrogen) atoms. The molecule has 4 aromatic rings. The molecule has 0 fully saturated rings. The number of amides is 1. The van der Waals surface area contributed by atoms with Crippen LogP contribution < -0.4 is 5.56 Å². The van der Waals surface area contributed by atoms with E-state index in [1.54, 1.807) is 39.8 Å². The zero-order valence-corrected chi connectivity index (χ0v) is 21.3. The quantitative estimate of drug-likeness (QED) is 0.295. The maximum Gasteiger partial charge on any atom is 0.266 e. The number of hydrogen-bond donors (Lipinski definition) is 0. The van der Waals surface area contributed by atoms with Gasteiger partial charge in [-0.1, -0.05) is 67.4 Å². The molecule has 0 aliphatic heterocycles. The van der Waals surface area contributed by atoms with Crippen molar-refractivity contribution in [2.75, 3.05) is 6.54 Å². The van der Waals surface area contributed by atoms with E-state index in [9.17, 15) is 9.59 Å². The Morgan fingerprint density at radius 1 is 0.971 bits per heavy atom. The van der Waals surface area contributed by atoms with Gasteiger partial charge in [0, 0.05) is 6.54 Å². The van der Waals surface area contributed by atoms with Crippen LogP contribution in [0.4, 0.5) is 0 Å². The average molecular weight is 488 g/mol. The van der Waals surface area contributed by atoms with E-state index in [2.05, 4.69) is 13.8 Å². The van der Waals surface area contributed by atoms with E-state index in [1.807, 2.05) is 56.3 Å². The van der Waals surface area contributed by atoms with Gasteiger partial charge < -0.3 is 4.90 Å². The van der Waals surface area contributed by atoms with Gasteiger partial charge >= 0.3 is 0 Å². The van der Waals surface area contributed by atoms with Crippen molar-refractivity contribution >= 4 is 28.4 Å². The molecule has 0 saturated heterocycles. The standard InChI is InChI=1S/C29H30ClN3O2/c1-19(2)17-18-32(28(34)23-9-5-7-11-25(23)30)21(4)27-31-26-12-8-6-10-24(26)29(35)33(27)22-15-13-20(3)14-16-22/h5-16,19,21H,17-18H2,1-4H3. The van der Waals surface area contributed by atoms with Crippen molar-refractivity contribution in [3.8, 4) is 5.69 Å². The maximum absolute atomic E-state index is 13.8. The minimum atomic E-state index is -0.476. The molecule has 0 spiro atoms. The molecule has 0 radical (unpaired) electrons. The third kappa shape index (κ3) is 5.15. The second kappa shape index (κ2) is 10.4. The molecule has 6 heteroatoms. The summed E-state index contributed by atoms with van der Waals surface area (Å²) in [6.07, 6.45) is 0.808. The molecule has 0 saturated carbocycles. The summed E-state index contributed by atoms with van der Waals surface area (Å²) in [6, 6.07) is 21.7. The van der Waals surface area contributed by atoms with Crippen molar-refractivity contribution < 1.29 is 4.79 Å². The molecule has 0 N–H and O–H groups in total. The van der Waals surface area contributed by atoms with Crippen LogP contribution in [0.25, 0.3) is 16.6 Å². The van der Waals surface area contributed by atoms with Crippen molar-refractivity contribution in [3.63, 3.8) is 0 Å². The number of aromatic nitrogens is 2. The Bertz CT molecular complexity index is 1410. The number of halogens is 1. The topological polar surface area (TPSA) is 55.2 Å². The van der Waals surface area contributed by atoms with Gasteiger partial charge in [-0.3, -0.25) is 14.2 Å². The second-order valence-electron chi connectivity index (χ2n) is 9.30. The second-order valence-corrected chi connectivity index (χ2v) is 9.71. The number of aryl methyl sites for hydroxylation is 1. The fourth-order valence-corrected chi connectivity index (χ4v) is 4.39. The third-order valence-electron chi connectivity index (χ3n) is 6.25. The first kappa shape index (κ1) is 24.7. The molecule has 0 aliphatic rings. The fraction of sp³-hybridized carbons (Fsp3) is 0.276. The Kier molecular flexibility index (Phi) is 7.37. The summed E-state index contributed by atoms with van der Waals surface area (Å²) in [7, 11) is 0. The van der Waals surface area contributed by atoms with Crippen molar-refractivity contribution in [1.82, 2.24) is 14.5 Å². The summed E-state index contributed by atoms with van der Waals surface area (Å²) < 4.78 is 1.63. The molecule has 3 aromatic carbocycles. The van der Waals surface area contributed by atoms with Gasteiger partial charge in [0.05, 0.1) is 33.2 Å². The molecule has 1 unspecified atom stereocenters. The maximum atomic E-state index is 13.8. The molecule has 1 heterocycles. The molecule has 0 aliphatic carbocycles. The lowest BCUT2D eigenvalue weighted by Gasteiger charge is -2.31.